The molecular formula is C16H12FN3O4. The van der Waals surface area contributed by atoms with Crippen molar-refractivity contribution in [3.63, 3.8) is 0 Å². The van der Waals surface area contributed by atoms with Gasteiger partial charge < -0.3 is 14.8 Å². The Kier molecular flexibility index (Phi) is 4.11. The van der Waals surface area contributed by atoms with Gasteiger partial charge in [-0.3, -0.25) is 4.79 Å². The van der Waals surface area contributed by atoms with E-state index in [1.54, 1.807) is 0 Å². The van der Waals surface area contributed by atoms with Crippen LogP contribution in [0.15, 0.2) is 57.7 Å². The van der Waals surface area contributed by atoms with Gasteiger partial charge in [0.15, 0.2) is 0 Å². The number of phenolic OH excluding ortho intramolecular Hbond substituents is 1. The first-order valence-electron chi connectivity index (χ1n) is 6.94. The molecule has 122 valence electrons. The molecule has 0 spiro atoms. The summed E-state index contributed by atoms with van der Waals surface area (Å²) in [7, 11) is 0. The first-order chi connectivity index (χ1) is 11.5. The summed E-state index contributed by atoms with van der Waals surface area (Å²) in [4.78, 5) is 23.7. The number of carbonyl (C=O) groups is 1. The fourth-order valence-corrected chi connectivity index (χ4v) is 2.00. The SMILES string of the molecule is O=C(Cn1nc(-c2ccc(F)cc2)oc1=O)Nc1ccc(O)cc1. The van der Waals surface area contributed by atoms with Gasteiger partial charge in [-0.1, -0.05) is 0 Å². The molecule has 3 rings (SSSR count). The van der Waals surface area contributed by atoms with Crippen LogP contribution in [0.3, 0.4) is 0 Å². The van der Waals surface area contributed by atoms with Crippen molar-refractivity contribution in [2.75, 3.05) is 5.32 Å². The Morgan fingerprint density at radius 2 is 1.83 bits per heavy atom. The molecule has 1 heterocycles. The smallest absolute Gasteiger partial charge is 0.437 e. The van der Waals surface area contributed by atoms with Gasteiger partial charge in [-0.2, -0.15) is 4.68 Å². The molecule has 2 N–H and O–H groups in total. The van der Waals surface area contributed by atoms with E-state index in [-0.39, 0.29) is 18.2 Å². The molecule has 0 radical (unpaired) electrons. The summed E-state index contributed by atoms with van der Waals surface area (Å²) in [5.74, 6) is -1.63. The second-order valence-electron chi connectivity index (χ2n) is 4.93. The first-order valence-corrected chi connectivity index (χ1v) is 6.94. The molecule has 1 amide bonds. The Morgan fingerprint density at radius 3 is 2.50 bits per heavy atom. The highest BCUT2D eigenvalue weighted by molar-refractivity contribution is 5.90. The van der Waals surface area contributed by atoms with E-state index in [4.69, 9.17) is 4.42 Å². The zero-order chi connectivity index (χ0) is 17.1. The highest BCUT2D eigenvalue weighted by Gasteiger charge is 2.13. The number of hydrogen-bond acceptors (Lipinski definition) is 5. The minimum absolute atomic E-state index is 0.00238. The number of anilines is 1. The first kappa shape index (κ1) is 15.5. The molecule has 0 aliphatic heterocycles. The number of nitrogens with one attached hydrogen (secondary N) is 1. The molecule has 7 nitrogen and oxygen atoms in total. The number of carbonyl (C=O) groups excluding carboxylic acids is 1. The average molecular weight is 329 g/mol. The number of hydrogen-bond donors (Lipinski definition) is 2. The maximum Gasteiger partial charge on any atom is 0.437 e. The van der Waals surface area contributed by atoms with Gasteiger partial charge in [0.05, 0.1) is 0 Å². The van der Waals surface area contributed by atoms with E-state index >= 15 is 0 Å². The van der Waals surface area contributed by atoms with Crippen LogP contribution in [0.25, 0.3) is 11.5 Å². The van der Waals surface area contributed by atoms with Crippen LogP contribution in [-0.4, -0.2) is 20.8 Å². The summed E-state index contributed by atoms with van der Waals surface area (Å²) in [6.45, 7) is -0.343. The monoisotopic (exact) mass is 329 g/mol. The minimum atomic E-state index is -0.796. The highest BCUT2D eigenvalue weighted by atomic mass is 19.1. The van der Waals surface area contributed by atoms with Crippen molar-refractivity contribution in [3.8, 4) is 17.2 Å². The Morgan fingerprint density at radius 1 is 1.17 bits per heavy atom. The standard InChI is InChI=1S/C16H12FN3O4/c17-11-3-1-10(2-4-11)15-19-20(16(23)24-15)9-14(22)18-12-5-7-13(21)8-6-12/h1-8,21H,9H2,(H,18,22). The molecule has 0 unspecified atom stereocenters. The van der Waals surface area contributed by atoms with Crippen molar-refractivity contribution in [1.29, 1.82) is 0 Å². The molecule has 0 saturated heterocycles. The normalized spacial score (nSPS) is 10.5. The fraction of sp³-hybridized carbons (Fsp3) is 0.0625. The van der Waals surface area contributed by atoms with Crippen molar-refractivity contribution >= 4 is 11.6 Å². The third-order valence-electron chi connectivity index (χ3n) is 3.14. The number of rotatable bonds is 4. The third-order valence-corrected chi connectivity index (χ3v) is 3.14. The summed E-state index contributed by atoms with van der Waals surface area (Å²) < 4.78 is 18.7. The third kappa shape index (κ3) is 3.49. The van der Waals surface area contributed by atoms with Crippen LogP contribution in [0.1, 0.15) is 0 Å². The van der Waals surface area contributed by atoms with Crippen LogP contribution in [-0.2, 0) is 11.3 Å². The van der Waals surface area contributed by atoms with Gasteiger partial charge in [0.1, 0.15) is 18.1 Å². The van der Waals surface area contributed by atoms with E-state index in [1.165, 1.54) is 48.5 Å². The van der Waals surface area contributed by atoms with Gasteiger partial charge in [0.2, 0.25) is 11.8 Å². The molecule has 0 bridgehead atoms. The summed E-state index contributed by atoms with van der Waals surface area (Å²) in [6.07, 6.45) is 0. The molecule has 0 aliphatic carbocycles. The van der Waals surface area contributed by atoms with Crippen LogP contribution in [0.2, 0.25) is 0 Å². The minimum Gasteiger partial charge on any atom is -0.508 e. The van der Waals surface area contributed by atoms with Gasteiger partial charge in [-0.15, -0.1) is 5.10 Å². The Bertz CT molecular complexity index is 914. The molecule has 1 aromatic heterocycles. The van der Waals surface area contributed by atoms with Crippen LogP contribution in [0.4, 0.5) is 10.1 Å². The van der Waals surface area contributed by atoms with Crippen molar-refractivity contribution in [1.82, 2.24) is 9.78 Å². The topological polar surface area (TPSA) is 97.4 Å². The van der Waals surface area contributed by atoms with Crippen molar-refractivity contribution in [2.24, 2.45) is 0 Å². The summed E-state index contributed by atoms with van der Waals surface area (Å²) in [5, 5.41) is 15.7. The Hall–Kier alpha value is -3.42. The number of amides is 1. The molecule has 3 aromatic rings. The van der Waals surface area contributed by atoms with Crippen molar-refractivity contribution < 1.29 is 18.7 Å². The fourth-order valence-electron chi connectivity index (χ4n) is 2.00. The van der Waals surface area contributed by atoms with Crippen LogP contribution >= 0.6 is 0 Å². The lowest BCUT2D eigenvalue weighted by atomic mass is 10.2. The van der Waals surface area contributed by atoms with E-state index in [0.717, 1.165) is 4.68 Å². The van der Waals surface area contributed by atoms with E-state index in [1.807, 2.05) is 0 Å². The molecule has 0 fully saturated rings. The van der Waals surface area contributed by atoms with Crippen LogP contribution < -0.4 is 11.1 Å². The summed E-state index contributed by atoms with van der Waals surface area (Å²) >= 11 is 0. The van der Waals surface area contributed by atoms with Crippen molar-refractivity contribution in [3.05, 3.63) is 64.9 Å². The summed E-state index contributed by atoms with van der Waals surface area (Å²) in [5.41, 5.74) is 0.888. The van der Waals surface area contributed by atoms with E-state index in [2.05, 4.69) is 10.4 Å². The lowest BCUT2D eigenvalue weighted by molar-refractivity contribution is -0.117. The van der Waals surface area contributed by atoms with Crippen LogP contribution in [0.5, 0.6) is 5.75 Å². The number of nitrogens with zero attached hydrogens (tertiary/aromatic N) is 2. The highest BCUT2D eigenvalue weighted by Crippen LogP contribution is 2.16. The van der Waals surface area contributed by atoms with E-state index in [9.17, 15) is 19.1 Å². The van der Waals surface area contributed by atoms with Crippen molar-refractivity contribution in [2.45, 2.75) is 6.54 Å². The zero-order valence-electron chi connectivity index (χ0n) is 12.3. The predicted molar refractivity (Wildman–Crippen MR) is 82.9 cm³/mol. The van der Waals surface area contributed by atoms with Gasteiger partial charge in [-0.05, 0) is 48.5 Å². The number of benzene rings is 2. The number of aromatic hydroxyl groups is 1. The molecule has 0 saturated carbocycles. The maximum atomic E-state index is 12.9. The van der Waals surface area contributed by atoms with E-state index < -0.39 is 17.5 Å². The van der Waals surface area contributed by atoms with Gasteiger partial charge in [0, 0.05) is 11.3 Å². The lowest BCUT2D eigenvalue weighted by Gasteiger charge is -2.04. The second kappa shape index (κ2) is 6.37. The zero-order valence-corrected chi connectivity index (χ0v) is 12.3. The van der Waals surface area contributed by atoms with Gasteiger partial charge in [0.25, 0.3) is 0 Å². The second-order valence-corrected chi connectivity index (χ2v) is 4.93. The Balaban J connectivity index is 1.73. The predicted octanol–water partition coefficient (Wildman–Crippen LogP) is 1.99. The number of phenols is 1. The molecule has 8 heteroatoms. The van der Waals surface area contributed by atoms with Crippen LogP contribution in [0, 0.1) is 5.82 Å². The largest absolute Gasteiger partial charge is 0.508 e. The van der Waals surface area contributed by atoms with Gasteiger partial charge >= 0.3 is 5.76 Å². The average Bonchev–Trinajstić information content (AvgIpc) is 2.91. The van der Waals surface area contributed by atoms with Gasteiger partial charge in [-0.25, -0.2) is 9.18 Å². The molecule has 0 atom stereocenters. The maximum absolute atomic E-state index is 12.9. The molecule has 2 aromatic carbocycles. The lowest BCUT2D eigenvalue weighted by Crippen LogP contribution is -2.25. The quantitative estimate of drug-likeness (QED) is 0.713. The van der Waals surface area contributed by atoms with E-state index in [0.29, 0.717) is 11.3 Å². The summed E-state index contributed by atoms with van der Waals surface area (Å²) in [6, 6.07) is 11.1. The number of aromatic nitrogens is 2. The molecule has 0 aliphatic rings. The molecule has 24 heavy (non-hydrogen) atoms. The number of halogens is 1. The Labute approximate surface area is 135 Å². The molecular weight excluding hydrogens is 317 g/mol.